The van der Waals surface area contributed by atoms with Gasteiger partial charge in [0.1, 0.15) is 6.10 Å². The second-order valence-electron chi connectivity index (χ2n) is 5.86. The molecule has 5 heteroatoms. The van der Waals surface area contributed by atoms with Crippen LogP contribution in [0.2, 0.25) is 0 Å². The number of nitrogens with zero attached hydrogens (tertiary/aromatic N) is 2. The smallest absolute Gasteiger partial charge is 0.229 e. The summed E-state index contributed by atoms with van der Waals surface area (Å²) >= 11 is 0. The van der Waals surface area contributed by atoms with Crippen LogP contribution in [0.3, 0.4) is 0 Å². The van der Waals surface area contributed by atoms with Gasteiger partial charge in [0.25, 0.3) is 0 Å². The average Bonchev–Trinajstić information content (AvgIpc) is 2.76. The molecule has 0 spiro atoms. The van der Waals surface area contributed by atoms with Crippen LogP contribution in [0.15, 0.2) is 4.52 Å². The first kappa shape index (κ1) is 16.1. The number of ether oxygens (including phenoxy) is 1. The van der Waals surface area contributed by atoms with Crippen molar-refractivity contribution in [3.8, 4) is 0 Å². The first-order chi connectivity index (χ1) is 8.88. The van der Waals surface area contributed by atoms with Crippen molar-refractivity contribution in [2.24, 2.45) is 5.41 Å². The van der Waals surface area contributed by atoms with Crippen LogP contribution < -0.4 is 0 Å². The maximum atomic E-state index is 10.0. The quantitative estimate of drug-likeness (QED) is 0.825. The van der Waals surface area contributed by atoms with Crippen molar-refractivity contribution < 1.29 is 14.4 Å². The van der Waals surface area contributed by atoms with Crippen molar-refractivity contribution in [2.75, 3.05) is 6.61 Å². The normalized spacial score (nSPS) is 15.5. The van der Waals surface area contributed by atoms with Gasteiger partial charge >= 0.3 is 0 Å². The fraction of sp³-hybridized carbons (Fsp3) is 0.857. The molecule has 0 saturated heterocycles. The maximum Gasteiger partial charge on any atom is 0.229 e. The summed E-state index contributed by atoms with van der Waals surface area (Å²) in [4.78, 5) is 4.34. The summed E-state index contributed by atoms with van der Waals surface area (Å²) in [5.41, 5.74) is -0.197. The zero-order valence-electron chi connectivity index (χ0n) is 12.6. The molecule has 0 aromatic carbocycles. The van der Waals surface area contributed by atoms with E-state index in [9.17, 15) is 5.11 Å². The summed E-state index contributed by atoms with van der Waals surface area (Å²) in [6.07, 6.45) is 1.63. The summed E-state index contributed by atoms with van der Waals surface area (Å²) in [6.45, 7) is 10.6. The summed E-state index contributed by atoms with van der Waals surface area (Å²) in [6, 6.07) is 0. The standard InChI is InChI=1S/C14H26N2O3/c1-6-8-10(18-7-2)13-15-12(19-16-13)9-11(17)14(3,4)5/h10-11,17H,6-9H2,1-5H3. The third-order valence-corrected chi connectivity index (χ3v) is 3.06. The largest absolute Gasteiger partial charge is 0.392 e. The van der Waals surface area contributed by atoms with E-state index in [1.165, 1.54) is 0 Å². The molecule has 1 heterocycles. The molecule has 0 aliphatic rings. The van der Waals surface area contributed by atoms with Crippen molar-refractivity contribution >= 4 is 0 Å². The SMILES string of the molecule is CCCC(OCC)c1noc(CC(O)C(C)(C)C)n1. The van der Waals surface area contributed by atoms with Gasteiger partial charge in [0.05, 0.1) is 12.5 Å². The molecule has 1 aromatic rings. The number of rotatable bonds is 7. The monoisotopic (exact) mass is 270 g/mol. The lowest BCUT2D eigenvalue weighted by atomic mass is 9.87. The number of hydrogen-bond acceptors (Lipinski definition) is 5. The Kier molecular flexibility index (Phi) is 5.94. The lowest BCUT2D eigenvalue weighted by Crippen LogP contribution is -2.28. The molecule has 0 radical (unpaired) electrons. The van der Waals surface area contributed by atoms with Crippen LogP contribution in [0.25, 0.3) is 0 Å². The molecule has 1 rings (SSSR count). The molecule has 0 aliphatic carbocycles. The molecule has 2 atom stereocenters. The Morgan fingerprint density at radius 3 is 2.53 bits per heavy atom. The molecule has 19 heavy (non-hydrogen) atoms. The van der Waals surface area contributed by atoms with E-state index in [1.54, 1.807) is 0 Å². The van der Waals surface area contributed by atoms with Gasteiger partial charge < -0.3 is 14.4 Å². The highest BCUT2D eigenvalue weighted by atomic mass is 16.5. The molecule has 0 aliphatic heterocycles. The highest BCUT2D eigenvalue weighted by Crippen LogP contribution is 2.24. The van der Waals surface area contributed by atoms with Crippen LogP contribution in [0.1, 0.15) is 65.3 Å². The van der Waals surface area contributed by atoms with Gasteiger partial charge in [-0.2, -0.15) is 4.98 Å². The third kappa shape index (κ3) is 4.91. The van der Waals surface area contributed by atoms with Crippen molar-refractivity contribution in [3.63, 3.8) is 0 Å². The van der Waals surface area contributed by atoms with E-state index in [2.05, 4.69) is 17.1 Å². The fourth-order valence-corrected chi connectivity index (χ4v) is 1.70. The fourth-order valence-electron chi connectivity index (χ4n) is 1.70. The van der Waals surface area contributed by atoms with Gasteiger partial charge in [0.15, 0.2) is 0 Å². The van der Waals surface area contributed by atoms with Gasteiger partial charge in [-0.05, 0) is 18.8 Å². The zero-order valence-corrected chi connectivity index (χ0v) is 12.6. The molecule has 110 valence electrons. The minimum Gasteiger partial charge on any atom is -0.392 e. The van der Waals surface area contributed by atoms with E-state index in [4.69, 9.17) is 9.26 Å². The summed E-state index contributed by atoms with van der Waals surface area (Å²) < 4.78 is 10.8. The van der Waals surface area contributed by atoms with Crippen LogP contribution in [0.4, 0.5) is 0 Å². The molecule has 0 amide bonds. The average molecular weight is 270 g/mol. The number of aliphatic hydroxyl groups is 1. The molecule has 1 N–H and O–H groups in total. The van der Waals surface area contributed by atoms with Gasteiger partial charge in [0.2, 0.25) is 11.7 Å². The zero-order chi connectivity index (χ0) is 14.5. The van der Waals surface area contributed by atoms with Crippen LogP contribution >= 0.6 is 0 Å². The van der Waals surface area contributed by atoms with E-state index in [0.29, 0.717) is 24.7 Å². The van der Waals surface area contributed by atoms with Gasteiger partial charge in [-0.25, -0.2) is 0 Å². The van der Waals surface area contributed by atoms with Crippen LogP contribution in [-0.4, -0.2) is 28.0 Å². The first-order valence-electron chi connectivity index (χ1n) is 7.00. The Balaban J connectivity index is 2.70. The Labute approximate surface area is 115 Å². The highest BCUT2D eigenvalue weighted by Gasteiger charge is 2.25. The molecule has 2 unspecified atom stereocenters. The summed E-state index contributed by atoms with van der Waals surface area (Å²) in [7, 11) is 0. The lowest BCUT2D eigenvalue weighted by Gasteiger charge is -2.24. The number of aromatic nitrogens is 2. The minimum absolute atomic E-state index is 0.112. The molecule has 0 fully saturated rings. The molecular formula is C14H26N2O3. The Morgan fingerprint density at radius 1 is 1.32 bits per heavy atom. The highest BCUT2D eigenvalue weighted by molar-refractivity contribution is 4.94. The van der Waals surface area contributed by atoms with Crippen molar-refractivity contribution in [1.29, 1.82) is 0 Å². The van der Waals surface area contributed by atoms with E-state index < -0.39 is 6.10 Å². The molecular weight excluding hydrogens is 244 g/mol. The number of hydrogen-bond donors (Lipinski definition) is 1. The molecule has 0 bridgehead atoms. The van der Waals surface area contributed by atoms with Gasteiger partial charge in [0, 0.05) is 6.61 Å². The van der Waals surface area contributed by atoms with Crippen LogP contribution in [0.5, 0.6) is 0 Å². The second-order valence-corrected chi connectivity index (χ2v) is 5.86. The second kappa shape index (κ2) is 7.01. The maximum absolute atomic E-state index is 10.0. The predicted octanol–water partition coefficient (Wildman–Crippen LogP) is 2.90. The molecule has 1 aromatic heterocycles. The van der Waals surface area contributed by atoms with E-state index in [0.717, 1.165) is 12.8 Å². The lowest BCUT2D eigenvalue weighted by molar-refractivity contribution is 0.0477. The first-order valence-corrected chi connectivity index (χ1v) is 7.00. The van der Waals surface area contributed by atoms with E-state index in [-0.39, 0.29) is 11.5 Å². The van der Waals surface area contributed by atoms with Gasteiger partial charge in [-0.15, -0.1) is 0 Å². The molecule has 5 nitrogen and oxygen atoms in total. The van der Waals surface area contributed by atoms with E-state index >= 15 is 0 Å². The van der Waals surface area contributed by atoms with Crippen LogP contribution in [-0.2, 0) is 11.2 Å². The van der Waals surface area contributed by atoms with Crippen molar-refractivity contribution in [1.82, 2.24) is 10.1 Å². The van der Waals surface area contributed by atoms with Crippen LogP contribution in [0, 0.1) is 5.41 Å². The van der Waals surface area contributed by atoms with Gasteiger partial charge in [-0.3, -0.25) is 0 Å². The Bertz CT molecular complexity index is 365. The molecule has 0 saturated carbocycles. The third-order valence-electron chi connectivity index (χ3n) is 3.06. The Morgan fingerprint density at radius 2 is 2.00 bits per heavy atom. The van der Waals surface area contributed by atoms with E-state index in [1.807, 2.05) is 27.7 Å². The topological polar surface area (TPSA) is 68.4 Å². The van der Waals surface area contributed by atoms with Crippen molar-refractivity contribution in [2.45, 2.75) is 66.1 Å². The Hall–Kier alpha value is -0.940. The minimum atomic E-state index is -0.502. The predicted molar refractivity (Wildman–Crippen MR) is 72.7 cm³/mol. The summed E-state index contributed by atoms with van der Waals surface area (Å²) in [5.74, 6) is 1.05. The van der Waals surface area contributed by atoms with Crippen molar-refractivity contribution in [3.05, 3.63) is 11.7 Å². The summed E-state index contributed by atoms with van der Waals surface area (Å²) in [5, 5.41) is 14.0. The number of aliphatic hydroxyl groups excluding tert-OH is 1. The van der Waals surface area contributed by atoms with Gasteiger partial charge in [-0.1, -0.05) is 39.3 Å².